The van der Waals surface area contributed by atoms with Gasteiger partial charge in [-0.3, -0.25) is 24.1 Å². The summed E-state index contributed by atoms with van der Waals surface area (Å²) in [6.45, 7) is -4.06. The van der Waals surface area contributed by atoms with E-state index in [0.717, 1.165) is 10.5 Å². The van der Waals surface area contributed by atoms with Gasteiger partial charge < -0.3 is 80.5 Å². The molecule has 0 unspecified atom stereocenters. The number of esters is 1. The molecule has 0 saturated carbocycles. The third-order valence-corrected chi connectivity index (χ3v) is 7.88. The summed E-state index contributed by atoms with van der Waals surface area (Å²) in [6.07, 6.45) is -14.9. The number of rotatable bonds is 20. The minimum Gasteiger partial charge on any atom is -0.460 e. The van der Waals surface area contributed by atoms with Crippen LogP contribution >= 0.6 is 0 Å². The molecule has 294 valence electrons. The van der Waals surface area contributed by atoms with Crippen molar-refractivity contribution in [2.24, 2.45) is 0 Å². The highest BCUT2D eigenvalue weighted by atomic mass is 16.7. The van der Waals surface area contributed by atoms with Crippen molar-refractivity contribution in [2.45, 2.75) is 68.0 Å². The van der Waals surface area contributed by atoms with Crippen molar-refractivity contribution in [1.82, 2.24) is 20.9 Å². The number of aliphatic hydroxyl groups excluding tert-OH is 8. The van der Waals surface area contributed by atoms with Crippen LogP contribution in [0.3, 0.4) is 0 Å². The average molecular weight is 749 g/mol. The number of carbonyl (C=O) groups is 4. The molecule has 0 radical (unpaired) electrons. The molecule has 10 atom stereocenters. The number of hydrogen-bond donors (Lipinski definition) is 11. The van der Waals surface area contributed by atoms with Gasteiger partial charge in [-0.15, -0.1) is 0 Å². The van der Waals surface area contributed by atoms with E-state index in [-0.39, 0.29) is 32.9 Å². The smallest absolute Gasteiger partial charge is 0.325 e. The molecule has 1 aromatic carbocycles. The number of nitrogens with one attached hydrogen (secondary N) is 3. The Hall–Kier alpha value is -3.42. The Bertz CT molecular complexity index is 1200. The van der Waals surface area contributed by atoms with Crippen molar-refractivity contribution in [2.75, 3.05) is 65.7 Å². The van der Waals surface area contributed by atoms with E-state index in [1.165, 1.54) is 0 Å². The van der Waals surface area contributed by atoms with E-state index >= 15 is 0 Å². The largest absolute Gasteiger partial charge is 0.460 e. The summed E-state index contributed by atoms with van der Waals surface area (Å²) >= 11 is 0. The van der Waals surface area contributed by atoms with E-state index in [1.807, 2.05) is 0 Å². The van der Waals surface area contributed by atoms with Crippen LogP contribution in [0.15, 0.2) is 30.3 Å². The molecule has 11 N–H and O–H groups in total. The Morgan fingerprint density at radius 3 is 1.52 bits per heavy atom. The van der Waals surface area contributed by atoms with E-state index < -0.39 is 124 Å². The van der Waals surface area contributed by atoms with Crippen molar-refractivity contribution in [1.29, 1.82) is 0 Å². The number of aliphatic hydroxyl groups is 8. The highest BCUT2D eigenvalue weighted by Crippen LogP contribution is 2.22. The van der Waals surface area contributed by atoms with Crippen molar-refractivity contribution >= 4 is 23.7 Å². The first-order valence-corrected chi connectivity index (χ1v) is 16.4. The molecule has 3 rings (SSSR count). The Morgan fingerprint density at radius 2 is 1.08 bits per heavy atom. The van der Waals surface area contributed by atoms with Gasteiger partial charge in [0.2, 0.25) is 17.7 Å². The minimum atomic E-state index is -1.65. The summed E-state index contributed by atoms with van der Waals surface area (Å²) in [5, 5.41) is 85.7. The molecule has 0 aromatic heterocycles. The summed E-state index contributed by atoms with van der Waals surface area (Å²) in [5.74, 6) is -2.76. The molecule has 0 spiro atoms. The molecule has 21 nitrogen and oxygen atoms in total. The molecular formula is C31H48N4O17. The second-order valence-corrected chi connectivity index (χ2v) is 11.9. The molecule has 2 fully saturated rings. The zero-order chi connectivity index (χ0) is 38.2. The minimum absolute atomic E-state index is 0.0117. The molecule has 0 aliphatic carbocycles. The van der Waals surface area contributed by atoms with Crippen LogP contribution in [0, 0.1) is 0 Å². The van der Waals surface area contributed by atoms with Gasteiger partial charge in [-0.2, -0.15) is 0 Å². The van der Waals surface area contributed by atoms with Gasteiger partial charge in [-0.1, -0.05) is 30.3 Å². The highest BCUT2D eigenvalue weighted by molar-refractivity contribution is 5.85. The fraction of sp³-hybridized carbons (Fsp3) is 0.677. The number of nitrogens with zero attached hydrogens (tertiary/aromatic N) is 1. The van der Waals surface area contributed by atoms with E-state index in [0.29, 0.717) is 0 Å². The van der Waals surface area contributed by atoms with Crippen LogP contribution in [-0.4, -0.2) is 197 Å². The van der Waals surface area contributed by atoms with Crippen LogP contribution in [0.25, 0.3) is 0 Å². The standard InChI is InChI=1S/C31H48N4O17/c36-14-18-24(42)26(44)28(46)30(51-18)48-8-6-32-20(38)11-35(13-22(40)34-10-23(41)50-16-17-4-2-1-3-5-17)12-21(39)33-7-9-49-31-29(47)27(45)25(43)19(15-37)52-31/h1-5,18-19,24-31,36-37,42-47H,6-16H2,(H,32,38)(H,33,39)(H,34,40)/t18-,19-,24-,25-,26+,27+,28+,29+,30+,31+/m1/s1. The summed E-state index contributed by atoms with van der Waals surface area (Å²) < 4.78 is 26.3. The normalized spacial score (nSPS) is 28.9. The Balaban J connectivity index is 1.47. The molecule has 3 amide bonds. The Morgan fingerprint density at radius 1 is 0.635 bits per heavy atom. The van der Waals surface area contributed by atoms with Crippen LogP contribution in [0.2, 0.25) is 0 Å². The van der Waals surface area contributed by atoms with Gasteiger partial charge in [0.25, 0.3) is 0 Å². The molecular weight excluding hydrogens is 700 g/mol. The third-order valence-electron chi connectivity index (χ3n) is 7.88. The quantitative estimate of drug-likeness (QED) is 0.0436. The molecule has 21 heteroatoms. The van der Waals surface area contributed by atoms with E-state index in [2.05, 4.69) is 16.0 Å². The maximum atomic E-state index is 12.7. The van der Waals surface area contributed by atoms with Crippen LogP contribution in [0.4, 0.5) is 0 Å². The maximum absolute atomic E-state index is 12.7. The van der Waals surface area contributed by atoms with Crippen LogP contribution in [0.1, 0.15) is 5.56 Å². The van der Waals surface area contributed by atoms with Crippen molar-refractivity contribution in [3.8, 4) is 0 Å². The van der Waals surface area contributed by atoms with Gasteiger partial charge in [0.1, 0.15) is 62.0 Å². The molecule has 2 heterocycles. The van der Waals surface area contributed by atoms with Crippen molar-refractivity contribution in [3.63, 3.8) is 0 Å². The van der Waals surface area contributed by atoms with Crippen molar-refractivity contribution in [3.05, 3.63) is 35.9 Å². The number of hydrogen-bond acceptors (Lipinski definition) is 18. The lowest BCUT2D eigenvalue weighted by molar-refractivity contribution is -0.300. The lowest BCUT2D eigenvalue weighted by Gasteiger charge is -2.39. The predicted molar refractivity (Wildman–Crippen MR) is 171 cm³/mol. The van der Waals surface area contributed by atoms with Crippen LogP contribution in [0.5, 0.6) is 0 Å². The Labute approximate surface area is 298 Å². The SMILES string of the molecule is O=C(CN(CC(=O)NCCO[C@H]1O[C@H](CO)[C@@H](O)[C@H](O)[C@@H]1O)CC(=O)NCC(=O)OCc1ccccc1)NCCO[C@H]1O[C@H](CO)[C@@H](O)[C@H](O)[C@@H]1O. The number of ether oxygens (including phenoxy) is 5. The zero-order valence-corrected chi connectivity index (χ0v) is 28.1. The predicted octanol–water partition coefficient (Wildman–Crippen LogP) is -6.99. The van der Waals surface area contributed by atoms with Crippen LogP contribution < -0.4 is 16.0 Å². The second-order valence-electron chi connectivity index (χ2n) is 11.9. The molecule has 1 aromatic rings. The summed E-state index contributed by atoms with van der Waals surface area (Å²) in [7, 11) is 0. The van der Waals surface area contributed by atoms with Gasteiger partial charge in [-0.05, 0) is 5.56 Å². The lowest BCUT2D eigenvalue weighted by Crippen LogP contribution is -2.59. The highest BCUT2D eigenvalue weighted by Gasteiger charge is 2.45. The van der Waals surface area contributed by atoms with Gasteiger partial charge in [0.05, 0.1) is 46.1 Å². The third kappa shape index (κ3) is 13.5. The lowest BCUT2D eigenvalue weighted by atomic mass is 9.99. The van der Waals surface area contributed by atoms with Gasteiger partial charge in [-0.25, -0.2) is 0 Å². The molecule has 52 heavy (non-hydrogen) atoms. The summed E-state index contributed by atoms with van der Waals surface area (Å²) in [4.78, 5) is 51.4. The summed E-state index contributed by atoms with van der Waals surface area (Å²) in [5.41, 5.74) is 0.738. The zero-order valence-electron chi connectivity index (χ0n) is 28.1. The first-order chi connectivity index (χ1) is 24.8. The topological polar surface area (TPSA) is 316 Å². The number of benzene rings is 1. The van der Waals surface area contributed by atoms with Gasteiger partial charge in [0.15, 0.2) is 12.6 Å². The van der Waals surface area contributed by atoms with E-state index in [9.17, 15) is 60.0 Å². The molecule has 2 saturated heterocycles. The number of carbonyl (C=O) groups excluding carboxylic acids is 4. The molecule has 2 aliphatic heterocycles. The molecule has 2 aliphatic rings. The van der Waals surface area contributed by atoms with Gasteiger partial charge >= 0.3 is 5.97 Å². The first kappa shape index (κ1) is 43.0. The van der Waals surface area contributed by atoms with Crippen molar-refractivity contribution < 1.29 is 83.7 Å². The average Bonchev–Trinajstić information content (AvgIpc) is 3.13. The van der Waals surface area contributed by atoms with Gasteiger partial charge in [0, 0.05) is 13.1 Å². The monoisotopic (exact) mass is 748 g/mol. The molecule has 0 bridgehead atoms. The maximum Gasteiger partial charge on any atom is 0.325 e. The number of amides is 3. The second kappa shape index (κ2) is 21.9. The first-order valence-electron chi connectivity index (χ1n) is 16.4. The summed E-state index contributed by atoms with van der Waals surface area (Å²) in [6, 6.07) is 8.85. The fourth-order valence-corrected chi connectivity index (χ4v) is 5.05. The fourth-order valence-electron chi connectivity index (χ4n) is 5.05. The van der Waals surface area contributed by atoms with E-state index in [4.69, 9.17) is 23.7 Å². The Kier molecular flexibility index (Phi) is 18.1. The van der Waals surface area contributed by atoms with Crippen LogP contribution in [-0.2, 0) is 49.5 Å². The van der Waals surface area contributed by atoms with E-state index in [1.54, 1.807) is 30.3 Å².